The van der Waals surface area contributed by atoms with Crippen LogP contribution in [0.15, 0.2) is 0 Å². The van der Waals surface area contributed by atoms with Gasteiger partial charge in [0.2, 0.25) is 0 Å². The smallest absolute Gasteiger partial charge is 0.00343 e. The van der Waals surface area contributed by atoms with Crippen molar-refractivity contribution in [2.24, 2.45) is 28.6 Å². The van der Waals surface area contributed by atoms with Crippen molar-refractivity contribution in [2.45, 2.75) is 59.3 Å². The highest BCUT2D eigenvalue weighted by molar-refractivity contribution is 7.21. The maximum atomic E-state index is 4.06. The molecule has 4 bridgehead atoms. The third-order valence-electron chi connectivity index (χ3n) is 5.32. The van der Waals surface area contributed by atoms with Crippen LogP contribution in [0.1, 0.15) is 59.3 Å². The molecular weight excluding hydrogens is 211 g/mol. The molecule has 16 heavy (non-hydrogen) atoms. The molecule has 0 spiro atoms. The minimum atomic E-state index is 0.336. The Morgan fingerprint density at radius 2 is 1.31 bits per heavy atom. The van der Waals surface area contributed by atoms with E-state index in [-0.39, 0.29) is 0 Å². The number of hydrogen-bond donors (Lipinski definition) is 0. The predicted octanol–water partition coefficient (Wildman–Crippen LogP) is 4.56. The maximum absolute atomic E-state index is 4.06. The summed E-state index contributed by atoms with van der Waals surface area (Å²) in [5, 5.41) is 1.62. The van der Waals surface area contributed by atoms with Gasteiger partial charge in [0.15, 0.2) is 0 Å². The summed E-state index contributed by atoms with van der Waals surface area (Å²) in [4.78, 5) is 0. The topological polar surface area (TPSA) is 0 Å². The zero-order chi connectivity index (χ0) is 11.6. The molecule has 0 aromatic carbocycles. The Labute approximate surface area is 102 Å². The second-order valence-electron chi connectivity index (χ2n) is 7.82. The summed E-state index contributed by atoms with van der Waals surface area (Å²) in [6.07, 6.45) is 9.08. The summed E-state index contributed by atoms with van der Waals surface area (Å²) in [5.74, 6) is 3.17. The van der Waals surface area contributed by atoms with Crippen LogP contribution >= 0.6 is 8.86 Å². The fraction of sp³-hybridized carbons (Fsp3) is 0.933. The zero-order valence-electron chi connectivity index (χ0n) is 11.0. The lowest BCUT2D eigenvalue weighted by molar-refractivity contribution is -0.0146. The number of rotatable bonds is 1. The molecule has 4 saturated carbocycles. The summed E-state index contributed by atoms with van der Waals surface area (Å²) in [6, 6.07) is 0. The van der Waals surface area contributed by atoms with Crippen LogP contribution in [0.4, 0.5) is 0 Å². The molecule has 90 valence electrons. The molecule has 0 aromatic rings. The van der Waals surface area contributed by atoms with E-state index in [0.29, 0.717) is 10.8 Å². The second kappa shape index (κ2) is 3.35. The SMILES string of the molecule is CC(C)(C)C(=P)C12CC3CC(CC(C3)C1)C2. The molecule has 0 N–H and O–H groups in total. The minimum Gasteiger partial charge on any atom is -0.122 e. The molecule has 4 fully saturated rings. The van der Waals surface area contributed by atoms with Gasteiger partial charge in [-0.3, -0.25) is 0 Å². The van der Waals surface area contributed by atoms with Crippen molar-refractivity contribution in [3.63, 3.8) is 0 Å². The van der Waals surface area contributed by atoms with Gasteiger partial charge < -0.3 is 0 Å². The van der Waals surface area contributed by atoms with Crippen molar-refractivity contribution in [1.82, 2.24) is 0 Å². The Morgan fingerprint density at radius 1 is 0.938 bits per heavy atom. The maximum Gasteiger partial charge on any atom is -0.00343 e. The monoisotopic (exact) mass is 236 g/mol. The third kappa shape index (κ3) is 1.60. The predicted molar refractivity (Wildman–Crippen MR) is 73.4 cm³/mol. The average molecular weight is 236 g/mol. The molecule has 1 heteroatoms. The molecular formula is C15H25P. The minimum absolute atomic E-state index is 0.336. The standard InChI is InChI=1S/C15H25P/c1-14(2,3)13(16)15-7-10-4-11(8-15)6-12(5-10)9-15/h10-12,16H,4-9H2,1-3H3. The fourth-order valence-electron chi connectivity index (χ4n) is 5.21. The van der Waals surface area contributed by atoms with E-state index in [0.717, 1.165) is 17.8 Å². The van der Waals surface area contributed by atoms with E-state index >= 15 is 0 Å². The summed E-state index contributed by atoms with van der Waals surface area (Å²) in [6.45, 7) is 7.11. The van der Waals surface area contributed by atoms with Gasteiger partial charge in [-0.05, 0) is 72.4 Å². The normalized spacial score (nSPS) is 46.1. The van der Waals surface area contributed by atoms with Gasteiger partial charge in [-0.15, -0.1) is 8.86 Å². The van der Waals surface area contributed by atoms with Gasteiger partial charge in [0.1, 0.15) is 0 Å². The van der Waals surface area contributed by atoms with E-state index in [1.165, 1.54) is 19.3 Å². The van der Waals surface area contributed by atoms with Gasteiger partial charge in [0.05, 0.1) is 0 Å². The highest BCUT2D eigenvalue weighted by Crippen LogP contribution is 2.62. The Kier molecular flexibility index (Phi) is 2.36. The first kappa shape index (κ1) is 11.3. The lowest BCUT2D eigenvalue weighted by Crippen LogP contribution is -2.52. The molecule has 0 radical (unpaired) electrons. The fourth-order valence-corrected chi connectivity index (χ4v) is 5.52. The van der Waals surface area contributed by atoms with E-state index in [9.17, 15) is 0 Å². The van der Waals surface area contributed by atoms with Crippen LogP contribution in [0.5, 0.6) is 0 Å². The third-order valence-corrected chi connectivity index (χ3v) is 6.60. The van der Waals surface area contributed by atoms with Gasteiger partial charge in [-0.2, -0.15) is 0 Å². The van der Waals surface area contributed by atoms with Crippen LogP contribution < -0.4 is 0 Å². The largest absolute Gasteiger partial charge is 0.122 e. The molecule has 0 aromatic heterocycles. The average Bonchev–Trinajstić information content (AvgIpc) is 2.12. The van der Waals surface area contributed by atoms with Gasteiger partial charge in [0, 0.05) is 0 Å². The Balaban J connectivity index is 1.91. The molecule has 4 aliphatic carbocycles. The zero-order valence-corrected chi connectivity index (χ0v) is 12.0. The first-order valence-electron chi connectivity index (χ1n) is 6.98. The second-order valence-corrected chi connectivity index (χ2v) is 8.32. The van der Waals surface area contributed by atoms with E-state index in [4.69, 9.17) is 0 Å². The molecule has 0 heterocycles. The van der Waals surface area contributed by atoms with Crippen molar-refractivity contribution >= 4 is 14.2 Å². The summed E-state index contributed by atoms with van der Waals surface area (Å²) in [7, 11) is 4.06. The summed E-state index contributed by atoms with van der Waals surface area (Å²) in [5.41, 5.74) is 0.909. The van der Waals surface area contributed by atoms with E-state index < -0.39 is 0 Å². The number of hydrogen-bond acceptors (Lipinski definition) is 0. The van der Waals surface area contributed by atoms with Gasteiger partial charge in [-0.1, -0.05) is 20.8 Å². The molecule has 4 rings (SSSR count). The van der Waals surface area contributed by atoms with Crippen molar-refractivity contribution < 1.29 is 0 Å². The van der Waals surface area contributed by atoms with Crippen molar-refractivity contribution in [3.05, 3.63) is 0 Å². The first-order valence-corrected chi connectivity index (χ1v) is 7.48. The van der Waals surface area contributed by atoms with Gasteiger partial charge in [-0.25, -0.2) is 0 Å². The van der Waals surface area contributed by atoms with Crippen LogP contribution in [0.25, 0.3) is 0 Å². The quantitative estimate of drug-likeness (QED) is 0.585. The summed E-state index contributed by atoms with van der Waals surface area (Å²) < 4.78 is 0. The van der Waals surface area contributed by atoms with Gasteiger partial charge >= 0.3 is 0 Å². The van der Waals surface area contributed by atoms with E-state index in [1.807, 2.05) is 0 Å². The lowest BCUT2D eigenvalue weighted by Gasteiger charge is -2.59. The molecule has 0 unspecified atom stereocenters. The first-order chi connectivity index (χ1) is 7.39. The molecule has 0 saturated heterocycles. The summed E-state index contributed by atoms with van der Waals surface area (Å²) >= 11 is 0. The van der Waals surface area contributed by atoms with Crippen molar-refractivity contribution in [3.8, 4) is 0 Å². The molecule has 4 aliphatic rings. The van der Waals surface area contributed by atoms with Crippen LogP contribution in [0.3, 0.4) is 0 Å². The van der Waals surface area contributed by atoms with Gasteiger partial charge in [0.25, 0.3) is 0 Å². The molecule has 0 amide bonds. The highest BCUT2D eigenvalue weighted by atomic mass is 31.0. The Bertz CT molecular complexity index is 286. The van der Waals surface area contributed by atoms with E-state index in [1.54, 1.807) is 24.6 Å². The molecule has 0 nitrogen and oxygen atoms in total. The van der Waals surface area contributed by atoms with Crippen LogP contribution in [0, 0.1) is 28.6 Å². The molecule has 0 atom stereocenters. The Hall–Kier alpha value is 0.170. The van der Waals surface area contributed by atoms with Crippen molar-refractivity contribution in [1.29, 1.82) is 0 Å². The van der Waals surface area contributed by atoms with Crippen LogP contribution in [0.2, 0.25) is 0 Å². The van der Waals surface area contributed by atoms with Crippen molar-refractivity contribution in [2.75, 3.05) is 0 Å². The lowest BCUT2D eigenvalue weighted by atomic mass is 9.47. The van der Waals surface area contributed by atoms with E-state index in [2.05, 4.69) is 29.6 Å². The van der Waals surface area contributed by atoms with Crippen LogP contribution in [-0.4, -0.2) is 5.29 Å². The highest BCUT2D eigenvalue weighted by Gasteiger charge is 2.53. The van der Waals surface area contributed by atoms with Crippen LogP contribution in [-0.2, 0) is 0 Å². The Morgan fingerprint density at radius 3 is 1.62 bits per heavy atom. The molecule has 0 aliphatic heterocycles.